The highest BCUT2D eigenvalue weighted by atomic mass is 16.5. The molecule has 6 nitrogen and oxygen atoms in total. The Bertz CT molecular complexity index is 452. The maximum atomic E-state index is 11.7. The molecule has 6 heteroatoms. The molecule has 1 aliphatic heterocycles. The number of aromatic nitrogens is 1. The van der Waals surface area contributed by atoms with E-state index in [0.717, 1.165) is 0 Å². The van der Waals surface area contributed by atoms with Crippen LogP contribution in [0.15, 0.2) is 18.3 Å². The highest BCUT2D eigenvalue weighted by Gasteiger charge is 2.28. The lowest BCUT2D eigenvalue weighted by atomic mass is 10.2. The van der Waals surface area contributed by atoms with Crippen LogP contribution in [0.4, 0.5) is 5.82 Å². The standard InChI is InChI=1S/C13H18N2O4/c1-9-6-15(7-10(8-16)19-9)12-11(13(17)18-2)4-3-5-14-12/h3-5,9-10,16H,6-8H2,1-2H3. The Morgan fingerprint density at radius 1 is 1.63 bits per heavy atom. The molecule has 19 heavy (non-hydrogen) atoms. The highest BCUT2D eigenvalue weighted by Crippen LogP contribution is 2.22. The van der Waals surface area contributed by atoms with E-state index in [4.69, 9.17) is 9.47 Å². The van der Waals surface area contributed by atoms with E-state index in [1.807, 2.05) is 11.8 Å². The summed E-state index contributed by atoms with van der Waals surface area (Å²) in [6.07, 6.45) is 1.34. The fraction of sp³-hybridized carbons (Fsp3) is 0.538. The van der Waals surface area contributed by atoms with Gasteiger partial charge in [-0.05, 0) is 19.1 Å². The molecule has 1 saturated heterocycles. The van der Waals surface area contributed by atoms with Crippen LogP contribution in [0, 0.1) is 0 Å². The van der Waals surface area contributed by atoms with Crippen LogP contribution >= 0.6 is 0 Å². The van der Waals surface area contributed by atoms with Gasteiger partial charge in [-0.3, -0.25) is 0 Å². The molecule has 1 N–H and O–H groups in total. The van der Waals surface area contributed by atoms with E-state index in [0.29, 0.717) is 24.5 Å². The van der Waals surface area contributed by atoms with Gasteiger partial charge in [0.2, 0.25) is 0 Å². The number of pyridine rings is 1. The van der Waals surface area contributed by atoms with Gasteiger partial charge in [-0.25, -0.2) is 9.78 Å². The van der Waals surface area contributed by atoms with Crippen molar-refractivity contribution in [3.8, 4) is 0 Å². The fourth-order valence-electron chi connectivity index (χ4n) is 2.24. The van der Waals surface area contributed by atoms with Gasteiger partial charge in [0.25, 0.3) is 0 Å². The molecule has 0 bridgehead atoms. The molecular weight excluding hydrogens is 248 g/mol. The summed E-state index contributed by atoms with van der Waals surface area (Å²) in [5.41, 5.74) is 0.427. The molecule has 0 spiro atoms. The number of carbonyl (C=O) groups excluding carboxylic acids is 1. The Balaban J connectivity index is 2.28. The highest BCUT2D eigenvalue weighted by molar-refractivity contribution is 5.94. The van der Waals surface area contributed by atoms with Gasteiger partial charge in [0, 0.05) is 19.3 Å². The molecule has 2 rings (SSSR count). The van der Waals surface area contributed by atoms with Crippen LogP contribution < -0.4 is 4.90 Å². The first-order valence-corrected chi connectivity index (χ1v) is 6.20. The number of hydrogen-bond acceptors (Lipinski definition) is 6. The van der Waals surface area contributed by atoms with Crippen LogP contribution in [0.25, 0.3) is 0 Å². The molecule has 1 fully saturated rings. The van der Waals surface area contributed by atoms with Gasteiger partial charge in [0.15, 0.2) is 0 Å². The summed E-state index contributed by atoms with van der Waals surface area (Å²) in [7, 11) is 1.34. The number of ether oxygens (including phenoxy) is 2. The normalized spacial score (nSPS) is 23.2. The molecule has 2 heterocycles. The van der Waals surface area contributed by atoms with Crippen LogP contribution in [0.5, 0.6) is 0 Å². The van der Waals surface area contributed by atoms with Crippen LogP contribution in [0.3, 0.4) is 0 Å². The van der Waals surface area contributed by atoms with Gasteiger partial charge in [-0.15, -0.1) is 0 Å². The molecule has 0 aliphatic carbocycles. The molecule has 2 unspecified atom stereocenters. The quantitative estimate of drug-likeness (QED) is 0.801. The van der Waals surface area contributed by atoms with Gasteiger partial charge < -0.3 is 19.5 Å². The largest absolute Gasteiger partial charge is 0.465 e. The minimum absolute atomic E-state index is 0.0293. The van der Waals surface area contributed by atoms with E-state index in [1.165, 1.54) is 7.11 Å². The number of rotatable bonds is 3. The van der Waals surface area contributed by atoms with Crippen LogP contribution in [0.1, 0.15) is 17.3 Å². The second-order valence-corrected chi connectivity index (χ2v) is 4.52. The number of methoxy groups -OCH3 is 1. The SMILES string of the molecule is COC(=O)c1cccnc1N1CC(C)OC(CO)C1. The van der Waals surface area contributed by atoms with Gasteiger partial charge in [0.05, 0.1) is 25.9 Å². The predicted molar refractivity (Wildman–Crippen MR) is 69.2 cm³/mol. The number of aliphatic hydroxyl groups excluding tert-OH is 1. The number of aliphatic hydroxyl groups is 1. The molecule has 2 atom stereocenters. The van der Waals surface area contributed by atoms with E-state index in [-0.39, 0.29) is 18.8 Å². The van der Waals surface area contributed by atoms with Crippen molar-refractivity contribution in [3.63, 3.8) is 0 Å². The summed E-state index contributed by atoms with van der Waals surface area (Å²) >= 11 is 0. The fourth-order valence-corrected chi connectivity index (χ4v) is 2.24. The Morgan fingerprint density at radius 3 is 3.11 bits per heavy atom. The Morgan fingerprint density at radius 2 is 2.42 bits per heavy atom. The summed E-state index contributed by atoms with van der Waals surface area (Å²) in [6.45, 7) is 3.00. The Hall–Kier alpha value is -1.66. The minimum atomic E-state index is -0.414. The lowest BCUT2D eigenvalue weighted by Crippen LogP contribution is -2.48. The van der Waals surface area contributed by atoms with Crippen molar-refractivity contribution in [1.82, 2.24) is 4.98 Å². The van der Waals surface area contributed by atoms with E-state index in [9.17, 15) is 9.90 Å². The van der Waals surface area contributed by atoms with Crippen molar-refractivity contribution < 1.29 is 19.4 Å². The van der Waals surface area contributed by atoms with E-state index in [2.05, 4.69) is 4.98 Å². The van der Waals surface area contributed by atoms with E-state index < -0.39 is 5.97 Å². The monoisotopic (exact) mass is 266 g/mol. The molecule has 0 amide bonds. The summed E-state index contributed by atoms with van der Waals surface area (Å²) in [5.74, 6) is 0.158. The lowest BCUT2D eigenvalue weighted by Gasteiger charge is -2.37. The molecule has 104 valence electrons. The summed E-state index contributed by atoms with van der Waals surface area (Å²) < 4.78 is 10.3. The first-order valence-electron chi connectivity index (χ1n) is 6.20. The Kier molecular flexibility index (Phi) is 4.34. The molecule has 1 aromatic rings. The first-order chi connectivity index (χ1) is 9.15. The number of nitrogens with zero attached hydrogens (tertiary/aromatic N) is 2. The maximum Gasteiger partial charge on any atom is 0.341 e. The van der Waals surface area contributed by atoms with Gasteiger partial charge >= 0.3 is 5.97 Å². The molecule has 0 aromatic carbocycles. The molecule has 1 aromatic heterocycles. The lowest BCUT2D eigenvalue weighted by molar-refractivity contribution is -0.0423. The minimum Gasteiger partial charge on any atom is -0.465 e. The van der Waals surface area contributed by atoms with Crippen molar-refractivity contribution in [2.24, 2.45) is 0 Å². The first kappa shape index (κ1) is 13.8. The Labute approximate surface area is 112 Å². The van der Waals surface area contributed by atoms with Gasteiger partial charge in [0.1, 0.15) is 11.4 Å². The molecular formula is C13H18N2O4. The van der Waals surface area contributed by atoms with Crippen LogP contribution in [-0.2, 0) is 9.47 Å². The maximum absolute atomic E-state index is 11.7. The predicted octanol–water partition coefficient (Wildman–Crippen LogP) is 0.454. The molecule has 1 aliphatic rings. The zero-order valence-corrected chi connectivity index (χ0v) is 11.1. The van der Waals surface area contributed by atoms with Crippen molar-refractivity contribution in [2.75, 3.05) is 31.7 Å². The second kappa shape index (κ2) is 5.99. The smallest absolute Gasteiger partial charge is 0.341 e. The van der Waals surface area contributed by atoms with Crippen molar-refractivity contribution in [2.45, 2.75) is 19.1 Å². The van der Waals surface area contributed by atoms with E-state index >= 15 is 0 Å². The summed E-state index contributed by atoms with van der Waals surface area (Å²) in [4.78, 5) is 17.9. The summed E-state index contributed by atoms with van der Waals surface area (Å²) in [5, 5.41) is 9.23. The third kappa shape index (κ3) is 3.02. The molecule has 0 saturated carbocycles. The number of anilines is 1. The third-order valence-corrected chi connectivity index (χ3v) is 3.02. The summed E-state index contributed by atoms with van der Waals surface area (Å²) in [6, 6.07) is 3.38. The van der Waals surface area contributed by atoms with Crippen molar-refractivity contribution >= 4 is 11.8 Å². The van der Waals surface area contributed by atoms with Gasteiger partial charge in [-0.1, -0.05) is 0 Å². The average molecular weight is 266 g/mol. The third-order valence-electron chi connectivity index (χ3n) is 3.02. The van der Waals surface area contributed by atoms with Crippen LogP contribution in [0.2, 0.25) is 0 Å². The van der Waals surface area contributed by atoms with Crippen molar-refractivity contribution in [1.29, 1.82) is 0 Å². The van der Waals surface area contributed by atoms with Crippen LogP contribution in [-0.4, -0.2) is 55.1 Å². The molecule has 0 radical (unpaired) electrons. The number of carbonyl (C=O) groups is 1. The number of hydrogen-bond donors (Lipinski definition) is 1. The topological polar surface area (TPSA) is 71.9 Å². The zero-order valence-electron chi connectivity index (χ0n) is 11.1. The number of morpholine rings is 1. The van der Waals surface area contributed by atoms with Gasteiger partial charge in [-0.2, -0.15) is 0 Å². The zero-order chi connectivity index (χ0) is 13.8. The second-order valence-electron chi connectivity index (χ2n) is 4.52. The van der Waals surface area contributed by atoms with Crippen molar-refractivity contribution in [3.05, 3.63) is 23.9 Å². The van der Waals surface area contributed by atoms with E-state index in [1.54, 1.807) is 18.3 Å². The number of esters is 1. The average Bonchev–Trinajstić information content (AvgIpc) is 2.45.